The molecule has 2 N–H and O–H groups in total. The van der Waals surface area contributed by atoms with Gasteiger partial charge in [-0.3, -0.25) is 4.79 Å². The van der Waals surface area contributed by atoms with E-state index in [4.69, 9.17) is 4.42 Å². The lowest BCUT2D eigenvalue weighted by Gasteiger charge is -2.12. The third kappa shape index (κ3) is 4.73. The van der Waals surface area contributed by atoms with Gasteiger partial charge < -0.3 is 24.5 Å². The van der Waals surface area contributed by atoms with Crippen LogP contribution < -0.4 is 10.6 Å². The minimum atomic E-state index is -0.719. The van der Waals surface area contributed by atoms with Crippen LogP contribution in [0.2, 0.25) is 0 Å². The lowest BCUT2D eigenvalue weighted by atomic mass is 10.1. The van der Waals surface area contributed by atoms with Crippen molar-refractivity contribution in [2.75, 3.05) is 24.9 Å². The summed E-state index contributed by atoms with van der Waals surface area (Å²) in [7, 11) is 2.40. The van der Waals surface area contributed by atoms with Crippen molar-refractivity contribution in [3.05, 3.63) is 59.7 Å². The zero-order chi connectivity index (χ0) is 19.1. The van der Waals surface area contributed by atoms with Crippen LogP contribution >= 0.6 is 0 Å². The highest BCUT2D eigenvalue weighted by Crippen LogP contribution is 2.22. The molecule has 0 aliphatic rings. The third-order valence-corrected chi connectivity index (χ3v) is 3.37. The molecular formula is C18H18N2O6. The number of esters is 2. The van der Waals surface area contributed by atoms with E-state index in [0.717, 1.165) is 11.6 Å². The number of carbonyl (C=O) groups is 3. The van der Waals surface area contributed by atoms with E-state index in [1.54, 1.807) is 37.3 Å². The van der Waals surface area contributed by atoms with E-state index in [-0.39, 0.29) is 17.4 Å². The van der Waals surface area contributed by atoms with Gasteiger partial charge in [0.2, 0.25) is 0 Å². The van der Waals surface area contributed by atoms with E-state index in [0.29, 0.717) is 11.4 Å². The number of ether oxygens (including phenoxy) is 2. The van der Waals surface area contributed by atoms with Crippen LogP contribution in [-0.2, 0) is 19.1 Å². The van der Waals surface area contributed by atoms with Gasteiger partial charge in [-0.1, -0.05) is 0 Å². The molecule has 0 saturated heterocycles. The Morgan fingerprint density at radius 3 is 2.42 bits per heavy atom. The van der Waals surface area contributed by atoms with Gasteiger partial charge in [-0.05, 0) is 42.8 Å². The topological polar surface area (TPSA) is 107 Å². The van der Waals surface area contributed by atoms with Crippen LogP contribution in [-0.4, -0.2) is 32.1 Å². The molecule has 1 aromatic heterocycles. The summed E-state index contributed by atoms with van der Waals surface area (Å²) in [4.78, 5) is 35.2. The maximum Gasteiger partial charge on any atom is 0.354 e. The van der Waals surface area contributed by atoms with Crippen LogP contribution in [0, 0.1) is 6.92 Å². The molecule has 0 radical (unpaired) electrons. The lowest BCUT2D eigenvalue weighted by Crippen LogP contribution is -2.16. The fourth-order valence-corrected chi connectivity index (χ4v) is 2.06. The van der Waals surface area contributed by atoms with Crippen molar-refractivity contribution in [2.24, 2.45) is 0 Å². The summed E-state index contributed by atoms with van der Waals surface area (Å²) in [6.07, 6.45) is 2.41. The van der Waals surface area contributed by atoms with Crippen LogP contribution in [0.5, 0.6) is 0 Å². The second-order valence-electron chi connectivity index (χ2n) is 5.16. The first-order valence-electron chi connectivity index (χ1n) is 7.55. The number of nitrogens with one attached hydrogen (secondary N) is 2. The molecule has 0 atom stereocenters. The molecule has 1 aromatic carbocycles. The van der Waals surface area contributed by atoms with Crippen molar-refractivity contribution in [1.29, 1.82) is 0 Å². The maximum atomic E-state index is 12.0. The second-order valence-corrected chi connectivity index (χ2v) is 5.16. The van der Waals surface area contributed by atoms with Crippen LogP contribution in [0.25, 0.3) is 0 Å². The van der Waals surface area contributed by atoms with E-state index in [1.165, 1.54) is 20.5 Å². The van der Waals surface area contributed by atoms with Crippen LogP contribution in [0.15, 0.2) is 52.8 Å². The quantitative estimate of drug-likeness (QED) is 0.603. The highest BCUT2D eigenvalue weighted by molar-refractivity contribution is 6.03. The smallest absolute Gasteiger partial charge is 0.354 e. The molecule has 0 unspecified atom stereocenters. The Kier molecular flexibility index (Phi) is 6.15. The Bertz CT molecular complexity index is 839. The molecule has 0 aliphatic heterocycles. The standard InChI is InChI=1S/C18H18N2O6/c1-11-9-12(19-14(18(23)25-3)10-16(21)24-2)6-7-13(11)20-17(22)15-5-4-8-26-15/h4-10,19H,1-3H3,(H,20,22)/b14-10+. The number of hydrogen-bond acceptors (Lipinski definition) is 7. The average Bonchev–Trinajstić information content (AvgIpc) is 3.17. The van der Waals surface area contributed by atoms with Gasteiger partial charge in [0, 0.05) is 11.4 Å². The van der Waals surface area contributed by atoms with E-state index in [9.17, 15) is 14.4 Å². The summed E-state index contributed by atoms with van der Waals surface area (Å²) in [5.41, 5.74) is 1.76. The van der Waals surface area contributed by atoms with E-state index in [1.807, 2.05) is 0 Å². The summed E-state index contributed by atoms with van der Waals surface area (Å²) in [5.74, 6) is -1.60. The van der Waals surface area contributed by atoms with Gasteiger partial charge in [0.15, 0.2) is 5.76 Å². The first kappa shape index (κ1) is 18.8. The summed E-state index contributed by atoms with van der Waals surface area (Å²) >= 11 is 0. The molecule has 8 heteroatoms. The molecular weight excluding hydrogens is 340 g/mol. The summed E-state index contributed by atoms with van der Waals surface area (Å²) in [6.45, 7) is 1.78. The van der Waals surface area contributed by atoms with Crippen LogP contribution in [0.4, 0.5) is 11.4 Å². The van der Waals surface area contributed by atoms with Crippen molar-refractivity contribution in [3.8, 4) is 0 Å². The molecule has 0 aliphatic carbocycles. The highest BCUT2D eigenvalue weighted by Gasteiger charge is 2.14. The SMILES string of the molecule is COC(=O)/C=C(/Nc1ccc(NC(=O)c2ccco2)c(C)c1)C(=O)OC. The third-order valence-electron chi connectivity index (χ3n) is 3.37. The van der Waals surface area contributed by atoms with Gasteiger partial charge in [-0.15, -0.1) is 0 Å². The number of anilines is 2. The molecule has 0 fully saturated rings. The first-order valence-corrected chi connectivity index (χ1v) is 7.55. The Hall–Kier alpha value is -3.55. The van der Waals surface area contributed by atoms with Crippen molar-refractivity contribution in [1.82, 2.24) is 0 Å². The van der Waals surface area contributed by atoms with Gasteiger partial charge in [-0.2, -0.15) is 0 Å². The molecule has 1 amide bonds. The Labute approximate surface area is 149 Å². The molecule has 0 spiro atoms. The molecule has 0 bridgehead atoms. The van der Waals surface area contributed by atoms with Crippen molar-refractivity contribution in [3.63, 3.8) is 0 Å². The van der Waals surface area contributed by atoms with E-state index < -0.39 is 11.9 Å². The first-order chi connectivity index (χ1) is 12.4. The fraction of sp³-hybridized carbons (Fsp3) is 0.167. The number of furan rings is 1. The monoisotopic (exact) mass is 358 g/mol. The van der Waals surface area contributed by atoms with Crippen LogP contribution in [0.3, 0.4) is 0 Å². The molecule has 2 aromatic rings. The van der Waals surface area contributed by atoms with Crippen molar-refractivity contribution in [2.45, 2.75) is 6.92 Å². The number of rotatable bonds is 6. The zero-order valence-electron chi connectivity index (χ0n) is 14.5. The number of benzene rings is 1. The van der Waals surface area contributed by atoms with Gasteiger partial charge in [0.25, 0.3) is 5.91 Å². The highest BCUT2D eigenvalue weighted by atomic mass is 16.5. The molecule has 136 valence electrons. The number of amides is 1. The fourth-order valence-electron chi connectivity index (χ4n) is 2.06. The zero-order valence-corrected chi connectivity index (χ0v) is 14.5. The molecule has 8 nitrogen and oxygen atoms in total. The second kappa shape index (κ2) is 8.52. The van der Waals surface area contributed by atoms with Gasteiger partial charge >= 0.3 is 11.9 Å². The Morgan fingerprint density at radius 2 is 1.85 bits per heavy atom. The summed E-state index contributed by atoms with van der Waals surface area (Å²) < 4.78 is 14.2. The predicted octanol–water partition coefficient (Wildman–Crippen LogP) is 2.48. The molecule has 26 heavy (non-hydrogen) atoms. The maximum absolute atomic E-state index is 12.0. The molecule has 0 saturated carbocycles. The van der Waals surface area contributed by atoms with E-state index in [2.05, 4.69) is 20.1 Å². The van der Waals surface area contributed by atoms with Crippen molar-refractivity contribution < 1.29 is 28.3 Å². The number of hydrogen-bond donors (Lipinski definition) is 2. The number of methoxy groups -OCH3 is 2. The summed E-state index contributed by atoms with van der Waals surface area (Å²) in [6, 6.07) is 8.17. The normalized spacial score (nSPS) is 10.8. The summed E-state index contributed by atoms with van der Waals surface area (Å²) in [5, 5.41) is 5.53. The van der Waals surface area contributed by atoms with Crippen molar-refractivity contribution >= 4 is 29.2 Å². The largest absolute Gasteiger partial charge is 0.466 e. The Balaban J connectivity index is 2.17. The van der Waals surface area contributed by atoms with Crippen LogP contribution in [0.1, 0.15) is 16.1 Å². The predicted molar refractivity (Wildman–Crippen MR) is 93.6 cm³/mol. The van der Waals surface area contributed by atoms with E-state index >= 15 is 0 Å². The number of carbonyl (C=O) groups excluding carboxylic acids is 3. The molecule has 1 heterocycles. The lowest BCUT2D eigenvalue weighted by molar-refractivity contribution is -0.138. The minimum absolute atomic E-state index is 0.0777. The molecule has 2 rings (SSSR count). The van der Waals surface area contributed by atoms with Gasteiger partial charge in [0.05, 0.1) is 26.6 Å². The minimum Gasteiger partial charge on any atom is -0.466 e. The number of aryl methyl sites for hydroxylation is 1. The Morgan fingerprint density at radius 1 is 1.08 bits per heavy atom. The van der Waals surface area contributed by atoms with Gasteiger partial charge in [0.1, 0.15) is 5.70 Å². The van der Waals surface area contributed by atoms with Gasteiger partial charge in [-0.25, -0.2) is 9.59 Å². The average molecular weight is 358 g/mol.